The molecule has 4 heterocycles. The fourth-order valence-corrected chi connectivity index (χ4v) is 6.49. The number of carbonyl (C=O) groups excluding carboxylic acids is 3. The van der Waals surface area contributed by atoms with E-state index in [1.165, 1.54) is 4.90 Å². The number of nitrogens with zero attached hydrogens (tertiary/aromatic N) is 3. The molecule has 2 saturated carbocycles. The standard InChI is InChI=1S/C28H36F2N6O3/c1-16-9-20(15-32-14-16)34-23(10-17-4-5-17)27(39)36-21-6-7-22(28(29,30)12-21)24(36)26(38)35-19(13-31)11-18-3-2-8-33-25(18)37/h9,14-15,17-19,21-24,34H,2-8,10-12H2,1H3,(H,33,37)(H,35,38)/t18-,19+,21+,22+,23-,24+/m0/s1. The molecule has 6 atom stereocenters. The maximum atomic E-state index is 15.1. The average molecular weight is 543 g/mol. The molecule has 2 bridgehead atoms. The molecule has 0 spiro atoms. The number of halogens is 2. The Morgan fingerprint density at radius 1 is 1.23 bits per heavy atom. The van der Waals surface area contributed by atoms with E-state index in [9.17, 15) is 19.6 Å². The molecule has 39 heavy (non-hydrogen) atoms. The number of rotatable bonds is 9. The van der Waals surface area contributed by atoms with Crippen LogP contribution in [0.1, 0.15) is 63.4 Å². The molecular weight excluding hydrogens is 506 g/mol. The van der Waals surface area contributed by atoms with Gasteiger partial charge in [-0.25, -0.2) is 8.78 Å². The second-order valence-electron chi connectivity index (χ2n) is 11.7. The van der Waals surface area contributed by atoms with E-state index in [1.807, 2.05) is 19.1 Å². The van der Waals surface area contributed by atoms with E-state index in [2.05, 4.69) is 20.9 Å². The Morgan fingerprint density at radius 3 is 2.69 bits per heavy atom. The lowest BCUT2D eigenvalue weighted by Crippen LogP contribution is -2.70. The lowest BCUT2D eigenvalue weighted by molar-refractivity contribution is -0.194. The van der Waals surface area contributed by atoms with E-state index in [4.69, 9.17) is 0 Å². The van der Waals surface area contributed by atoms with Gasteiger partial charge in [-0.15, -0.1) is 0 Å². The van der Waals surface area contributed by atoms with Crippen molar-refractivity contribution < 1.29 is 23.2 Å². The highest BCUT2D eigenvalue weighted by atomic mass is 19.3. The van der Waals surface area contributed by atoms with E-state index in [1.54, 1.807) is 12.4 Å². The smallest absolute Gasteiger partial charge is 0.255 e. The Labute approximate surface area is 227 Å². The van der Waals surface area contributed by atoms with E-state index in [-0.39, 0.29) is 24.7 Å². The van der Waals surface area contributed by atoms with Crippen LogP contribution in [0.2, 0.25) is 0 Å². The van der Waals surface area contributed by atoms with Crippen LogP contribution in [0.3, 0.4) is 0 Å². The Balaban J connectivity index is 1.38. The SMILES string of the molecule is Cc1cncc(N[C@@H](CC2CC2)C(=O)N2[C@@H]3CC[C@H]([C@@H]2C(=O)N[C@@H](C#N)C[C@@H]2CCCNC2=O)C(F)(F)C3)c1. The van der Waals surface area contributed by atoms with Gasteiger partial charge < -0.3 is 20.9 Å². The Hall–Kier alpha value is -3.29. The summed E-state index contributed by atoms with van der Waals surface area (Å²) in [6.07, 6.45) is 7.42. The quantitative estimate of drug-likeness (QED) is 0.440. The Bertz CT molecular complexity index is 1150. The number of anilines is 1. The Kier molecular flexibility index (Phi) is 7.74. The summed E-state index contributed by atoms with van der Waals surface area (Å²) >= 11 is 0. The predicted molar refractivity (Wildman–Crippen MR) is 138 cm³/mol. The molecule has 3 aliphatic heterocycles. The van der Waals surface area contributed by atoms with Crippen molar-refractivity contribution in [3.05, 3.63) is 24.0 Å². The normalized spacial score (nSPS) is 29.1. The minimum atomic E-state index is -3.09. The molecule has 9 nitrogen and oxygen atoms in total. The number of carbonyl (C=O) groups is 3. The lowest BCUT2D eigenvalue weighted by Gasteiger charge is -2.54. The van der Waals surface area contributed by atoms with Gasteiger partial charge in [-0.2, -0.15) is 5.26 Å². The number of pyridine rings is 1. The molecule has 5 aliphatic rings. The molecule has 210 valence electrons. The largest absolute Gasteiger partial charge is 0.372 e. The van der Waals surface area contributed by atoms with Crippen LogP contribution in [0.5, 0.6) is 0 Å². The summed E-state index contributed by atoms with van der Waals surface area (Å²) < 4.78 is 30.3. The third kappa shape index (κ3) is 5.99. The third-order valence-corrected chi connectivity index (χ3v) is 8.63. The number of aryl methyl sites for hydroxylation is 1. The number of nitriles is 1. The third-order valence-electron chi connectivity index (χ3n) is 8.63. The summed E-state index contributed by atoms with van der Waals surface area (Å²) in [5, 5.41) is 18.4. The molecule has 3 N–H and O–H groups in total. The fourth-order valence-electron chi connectivity index (χ4n) is 6.49. The number of alkyl halides is 2. The van der Waals surface area contributed by atoms with Crippen LogP contribution in [0.15, 0.2) is 18.5 Å². The topological polar surface area (TPSA) is 127 Å². The van der Waals surface area contributed by atoms with Gasteiger partial charge in [0, 0.05) is 37.3 Å². The van der Waals surface area contributed by atoms with Gasteiger partial charge in [-0.1, -0.05) is 12.8 Å². The van der Waals surface area contributed by atoms with Gasteiger partial charge in [0.15, 0.2) is 0 Å². The number of fused-ring (bicyclic) bond motifs is 3. The van der Waals surface area contributed by atoms with Crippen LogP contribution < -0.4 is 16.0 Å². The molecule has 2 aliphatic carbocycles. The van der Waals surface area contributed by atoms with Gasteiger partial charge in [0.25, 0.3) is 5.92 Å². The molecule has 3 saturated heterocycles. The van der Waals surface area contributed by atoms with Gasteiger partial charge in [0.1, 0.15) is 18.1 Å². The van der Waals surface area contributed by atoms with Crippen LogP contribution in [-0.2, 0) is 14.4 Å². The summed E-state index contributed by atoms with van der Waals surface area (Å²) in [5.41, 5.74) is 1.58. The van der Waals surface area contributed by atoms with Crippen molar-refractivity contribution in [1.29, 1.82) is 5.26 Å². The summed E-state index contributed by atoms with van der Waals surface area (Å²) in [7, 11) is 0. The molecular formula is C28H36F2N6O3. The zero-order valence-corrected chi connectivity index (χ0v) is 22.2. The lowest BCUT2D eigenvalue weighted by atomic mass is 9.71. The van der Waals surface area contributed by atoms with Gasteiger partial charge in [-0.3, -0.25) is 19.4 Å². The van der Waals surface area contributed by atoms with Gasteiger partial charge in [0.05, 0.1) is 17.7 Å². The average Bonchev–Trinajstić information content (AvgIpc) is 3.72. The monoisotopic (exact) mass is 542 g/mol. The minimum absolute atomic E-state index is 0.103. The maximum absolute atomic E-state index is 15.1. The highest BCUT2D eigenvalue weighted by Crippen LogP contribution is 2.49. The summed E-state index contributed by atoms with van der Waals surface area (Å²) in [4.78, 5) is 45.5. The zero-order chi connectivity index (χ0) is 27.7. The van der Waals surface area contributed by atoms with Crippen LogP contribution in [0, 0.1) is 36.0 Å². The van der Waals surface area contributed by atoms with Crippen molar-refractivity contribution in [3.63, 3.8) is 0 Å². The minimum Gasteiger partial charge on any atom is -0.372 e. The van der Waals surface area contributed by atoms with Gasteiger partial charge in [0.2, 0.25) is 17.7 Å². The highest BCUT2D eigenvalue weighted by Gasteiger charge is 2.61. The number of piperidine rings is 3. The predicted octanol–water partition coefficient (Wildman–Crippen LogP) is 2.91. The van der Waals surface area contributed by atoms with E-state index >= 15 is 8.78 Å². The number of aromatic nitrogens is 1. The Morgan fingerprint density at radius 2 is 2.03 bits per heavy atom. The first-order valence-electron chi connectivity index (χ1n) is 14.0. The van der Waals surface area contributed by atoms with Crippen molar-refractivity contribution in [1.82, 2.24) is 20.5 Å². The van der Waals surface area contributed by atoms with Crippen molar-refractivity contribution >= 4 is 23.4 Å². The van der Waals surface area contributed by atoms with E-state index in [0.717, 1.165) is 24.8 Å². The first-order valence-corrected chi connectivity index (χ1v) is 14.0. The van der Waals surface area contributed by atoms with Crippen LogP contribution >= 0.6 is 0 Å². The molecule has 11 heteroatoms. The van der Waals surface area contributed by atoms with Crippen LogP contribution in [0.25, 0.3) is 0 Å². The molecule has 1 aromatic heterocycles. The summed E-state index contributed by atoms with van der Waals surface area (Å²) in [6, 6.07) is 0.0543. The molecule has 1 aromatic rings. The first-order chi connectivity index (χ1) is 18.7. The fraction of sp³-hybridized carbons (Fsp3) is 0.679. The van der Waals surface area contributed by atoms with Crippen LogP contribution in [-0.4, -0.2) is 64.2 Å². The molecule has 3 amide bonds. The van der Waals surface area contributed by atoms with Crippen molar-refractivity contribution in [2.45, 2.75) is 94.8 Å². The number of nitrogens with one attached hydrogen (secondary N) is 3. The maximum Gasteiger partial charge on any atom is 0.255 e. The van der Waals surface area contributed by atoms with E-state index in [0.29, 0.717) is 37.4 Å². The molecule has 5 fully saturated rings. The van der Waals surface area contributed by atoms with E-state index < -0.39 is 54.3 Å². The number of hydrogen-bond acceptors (Lipinski definition) is 6. The summed E-state index contributed by atoms with van der Waals surface area (Å²) in [6.45, 7) is 2.47. The first kappa shape index (κ1) is 27.3. The molecule has 0 radical (unpaired) electrons. The van der Waals surface area contributed by atoms with Gasteiger partial charge in [-0.05, 0) is 63.0 Å². The molecule has 0 aromatic carbocycles. The van der Waals surface area contributed by atoms with Crippen LogP contribution in [0.4, 0.5) is 14.5 Å². The zero-order valence-electron chi connectivity index (χ0n) is 22.2. The van der Waals surface area contributed by atoms with Crippen molar-refractivity contribution in [3.8, 4) is 6.07 Å². The van der Waals surface area contributed by atoms with Crippen molar-refractivity contribution in [2.75, 3.05) is 11.9 Å². The highest BCUT2D eigenvalue weighted by molar-refractivity contribution is 5.92. The second kappa shape index (κ2) is 11.1. The van der Waals surface area contributed by atoms with Gasteiger partial charge >= 0.3 is 0 Å². The number of hydrogen-bond donors (Lipinski definition) is 3. The number of amides is 3. The molecule has 6 rings (SSSR count). The van der Waals surface area contributed by atoms with Crippen molar-refractivity contribution in [2.24, 2.45) is 17.8 Å². The molecule has 0 unspecified atom stereocenters. The second-order valence-corrected chi connectivity index (χ2v) is 11.7. The summed E-state index contributed by atoms with van der Waals surface area (Å²) in [5.74, 6) is -5.77.